The maximum atomic E-state index is 11.6. The van der Waals surface area contributed by atoms with E-state index >= 15 is 0 Å². The summed E-state index contributed by atoms with van der Waals surface area (Å²) in [4.78, 5) is 11.6. The van der Waals surface area contributed by atoms with Crippen molar-refractivity contribution in [1.29, 1.82) is 0 Å². The SMILES string of the molecule is Cl.O=C(N[C@H]1CCCCNC1)OCc1ccccc1. The molecule has 1 fully saturated rings. The number of carbonyl (C=O) groups excluding carboxylic acids is 1. The highest BCUT2D eigenvalue weighted by molar-refractivity contribution is 5.85. The lowest BCUT2D eigenvalue weighted by Crippen LogP contribution is -2.41. The summed E-state index contributed by atoms with van der Waals surface area (Å²) in [5.74, 6) is 0. The fourth-order valence-corrected chi connectivity index (χ4v) is 2.07. The Balaban J connectivity index is 0.00000180. The monoisotopic (exact) mass is 284 g/mol. The summed E-state index contributed by atoms with van der Waals surface area (Å²) in [6, 6.07) is 9.90. The topological polar surface area (TPSA) is 50.4 Å². The van der Waals surface area contributed by atoms with Crippen molar-refractivity contribution in [2.75, 3.05) is 13.1 Å². The minimum atomic E-state index is -0.326. The van der Waals surface area contributed by atoms with Gasteiger partial charge in [-0.05, 0) is 24.9 Å². The molecular formula is C14H21ClN2O2. The van der Waals surface area contributed by atoms with Gasteiger partial charge in [0.15, 0.2) is 0 Å². The fourth-order valence-electron chi connectivity index (χ4n) is 2.07. The van der Waals surface area contributed by atoms with Crippen molar-refractivity contribution in [3.8, 4) is 0 Å². The number of rotatable bonds is 3. The first-order valence-corrected chi connectivity index (χ1v) is 6.52. The predicted molar refractivity (Wildman–Crippen MR) is 77.5 cm³/mol. The third kappa shape index (κ3) is 5.94. The average Bonchev–Trinajstić information content (AvgIpc) is 2.66. The molecule has 2 N–H and O–H groups in total. The summed E-state index contributed by atoms with van der Waals surface area (Å²) >= 11 is 0. The number of amides is 1. The van der Waals surface area contributed by atoms with E-state index < -0.39 is 0 Å². The van der Waals surface area contributed by atoms with E-state index in [1.165, 1.54) is 6.42 Å². The van der Waals surface area contributed by atoms with E-state index in [9.17, 15) is 4.79 Å². The molecule has 0 spiro atoms. The number of hydrogen-bond donors (Lipinski definition) is 2. The van der Waals surface area contributed by atoms with Crippen LogP contribution in [0, 0.1) is 0 Å². The van der Waals surface area contributed by atoms with Crippen LogP contribution in [0.4, 0.5) is 4.79 Å². The van der Waals surface area contributed by atoms with Crippen molar-refractivity contribution >= 4 is 18.5 Å². The van der Waals surface area contributed by atoms with Crippen LogP contribution in [0.15, 0.2) is 30.3 Å². The maximum absolute atomic E-state index is 11.6. The highest BCUT2D eigenvalue weighted by Gasteiger charge is 2.14. The summed E-state index contributed by atoms with van der Waals surface area (Å²) in [6.07, 6.45) is 3.02. The van der Waals surface area contributed by atoms with Gasteiger partial charge in [-0.1, -0.05) is 36.8 Å². The Labute approximate surface area is 120 Å². The Morgan fingerprint density at radius 2 is 2.11 bits per heavy atom. The first-order chi connectivity index (χ1) is 8.84. The Kier molecular flexibility index (Phi) is 7.30. The first-order valence-electron chi connectivity index (χ1n) is 6.52. The molecule has 106 valence electrons. The molecule has 0 aliphatic carbocycles. The molecule has 1 aliphatic rings. The van der Waals surface area contributed by atoms with Crippen LogP contribution < -0.4 is 10.6 Å². The Hall–Kier alpha value is -1.26. The highest BCUT2D eigenvalue weighted by atomic mass is 35.5. The van der Waals surface area contributed by atoms with Crippen LogP contribution in [-0.4, -0.2) is 25.2 Å². The van der Waals surface area contributed by atoms with Gasteiger partial charge in [0.2, 0.25) is 0 Å². The molecule has 1 heterocycles. The van der Waals surface area contributed by atoms with Crippen LogP contribution in [0.2, 0.25) is 0 Å². The number of carbonyl (C=O) groups is 1. The number of nitrogens with one attached hydrogen (secondary N) is 2. The van der Waals surface area contributed by atoms with Crippen molar-refractivity contribution in [2.45, 2.75) is 31.9 Å². The Morgan fingerprint density at radius 3 is 2.89 bits per heavy atom. The van der Waals surface area contributed by atoms with E-state index in [1.807, 2.05) is 30.3 Å². The van der Waals surface area contributed by atoms with E-state index in [0.717, 1.165) is 31.5 Å². The van der Waals surface area contributed by atoms with Crippen molar-refractivity contribution in [1.82, 2.24) is 10.6 Å². The number of hydrogen-bond acceptors (Lipinski definition) is 3. The lowest BCUT2D eigenvalue weighted by atomic mass is 10.1. The molecule has 19 heavy (non-hydrogen) atoms. The normalized spacial score (nSPS) is 18.8. The van der Waals surface area contributed by atoms with Gasteiger partial charge in [0, 0.05) is 12.6 Å². The summed E-state index contributed by atoms with van der Waals surface area (Å²) in [7, 11) is 0. The van der Waals surface area contributed by atoms with E-state index in [-0.39, 0.29) is 24.5 Å². The van der Waals surface area contributed by atoms with E-state index in [4.69, 9.17) is 4.74 Å². The number of ether oxygens (including phenoxy) is 1. The van der Waals surface area contributed by atoms with Crippen LogP contribution in [0.25, 0.3) is 0 Å². The van der Waals surface area contributed by atoms with Crippen LogP contribution >= 0.6 is 12.4 Å². The van der Waals surface area contributed by atoms with Crippen LogP contribution in [0.5, 0.6) is 0 Å². The first kappa shape index (κ1) is 15.8. The molecule has 0 unspecified atom stereocenters. The molecule has 5 heteroatoms. The summed E-state index contributed by atoms with van der Waals surface area (Å²) in [5, 5.41) is 6.21. The number of alkyl carbamates (subject to hydrolysis) is 1. The fraction of sp³-hybridized carbons (Fsp3) is 0.500. The quantitative estimate of drug-likeness (QED) is 0.896. The summed E-state index contributed by atoms with van der Waals surface area (Å²) in [5.41, 5.74) is 1.01. The van der Waals surface area contributed by atoms with Gasteiger partial charge < -0.3 is 15.4 Å². The highest BCUT2D eigenvalue weighted by Crippen LogP contribution is 2.05. The zero-order chi connectivity index (χ0) is 12.6. The van der Waals surface area contributed by atoms with Crippen molar-refractivity contribution in [3.05, 3.63) is 35.9 Å². The maximum Gasteiger partial charge on any atom is 0.407 e. The Bertz CT molecular complexity index is 365. The second-order valence-corrected chi connectivity index (χ2v) is 4.60. The second kappa shape index (κ2) is 8.77. The minimum Gasteiger partial charge on any atom is -0.445 e. The number of halogens is 1. The molecule has 1 atom stereocenters. The van der Waals surface area contributed by atoms with Crippen molar-refractivity contribution in [2.24, 2.45) is 0 Å². The van der Waals surface area contributed by atoms with Gasteiger partial charge in [-0.25, -0.2) is 4.79 Å². The molecule has 1 aliphatic heterocycles. The molecule has 0 saturated carbocycles. The largest absolute Gasteiger partial charge is 0.445 e. The van der Waals surface area contributed by atoms with E-state index in [2.05, 4.69) is 10.6 Å². The third-order valence-electron chi connectivity index (χ3n) is 3.08. The van der Waals surface area contributed by atoms with E-state index in [0.29, 0.717) is 6.61 Å². The average molecular weight is 285 g/mol. The lowest BCUT2D eigenvalue weighted by molar-refractivity contribution is 0.135. The van der Waals surface area contributed by atoms with Crippen molar-refractivity contribution in [3.63, 3.8) is 0 Å². The van der Waals surface area contributed by atoms with E-state index in [1.54, 1.807) is 0 Å². The molecule has 0 bridgehead atoms. The van der Waals surface area contributed by atoms with Crippen LogP contribution in [0.3, 0.4) is 0 Å². The lowest BCUT2D eigenvalue weighted by Gasteiger charge is -2.16. The second-order valence-electron chi connectivity index (χ2n) is 4.60. The molecule has 1 amide bonds. The molecule has 4 nitrogen and oxygen atoms in total. The van der Waals surface area contributed by atoms with Gasteiger partial charge in [0.1, 0.15) is 6.61 Å². The van der Waals surface area contributed by atoms with Crippen LogP contribution in [0.1, 0.15) is 24.8 Å². The summed E-state index contributed by atoms with van der Waals surface area (Å²) in [6.45, 7) is 2.20. The molecule has 1 aromatic rings. The molecule has 0 radical (unpaired) electrons. The Morgan fingerprint density at radius 1 is 1.32 bits per heavy atom. The molecule has 0 aromatic heterocycles. The van der Waals surface area contributed by atoms with Crippen molar-refractivity contribution < 1.29 is 9.53 Å². The number of benzene rings is 1. The van der Waals surface area contributed by atoms with Gasteiger partial charge in [-0.3, -0.25) is 0 Å². The van der Waals surface area contributed by atoms with Crippen LogP contribution in [-0.2, 0) is 11.3 Å². The minimum absolute atomic E-state index is 0. The molecule has 1 aromatic carbocycles. The standard InChI is InChI=1S/C14H20N2O2.ClH/c17-14(16-13-8-4-5-9-15-10-13)18-11-12-6-2-1-3-7-12;/h1-3,6-7,13,15H,4-5,8-11H2,(H,16,17);1H/t13-;/m0./s1. The zero-order valence-corrected chi connectivity index (χ0v) is 11.7. The molecule has 2 rings (SSSR count). The predicted octanol–water partition coefficient (Wildman–Crippen LogP) is 2.48. The molecule has 1 saturated heterocycles. The van der Waals surface area contributed by atoms with Gasteiger partial charge in [-0.2, -0.15) is 0 Å². The van der Waals surface area contributed by atoms with Gasteiger partial charge in [0.05, 0.1) is 0 Å². The van der Waals surface area contributed by atoms with Gasteiger partial charge in [-0.15, -0.1) is 12.4 Å². The smallest absolute Gasteiger partial charge is 0.407 e. The molecular weight excluding hydrogens is 264 g/mol. The summed E-state index contributed by atoms with van der Waals surface area (Å²) < 4.78 is 5.19. The van der Waals surface area contributed by atoms with Gasteiger partial charge >= 0.3 is 6.09 Å². The third-order valence-corrected chi connectivity index (χ3v) is 3.08. The van der Waals surface area contributed by atoms with Gasteiger partial charge in [0.25, 0.3) is 0 Å². The zero-order valence-electron chi connectivity index (χ0n) is 10.9.